The Morgan fingerprint density at radius 2 is 1.43 bits per heavy atom. The summed E-state index contributed by atoms with van der Waals surface area (Å²) in [6, 6.07) is 4.14. The predicted molar refractivity (Wildman–Crippen MR) is 87.6 cm³/mol. The van der Waals surface area contributed by atoms with Gasteiger partial charge in [0.15, 0.2) is 0 Å². The highest BCUT2D eigenvalue weighted by Gasteiger charge is 2.64. The van der Waals surface area contributed by atoms with Gasteiger partial charge in [0.05, 0.1) is 16.8 Å². The maximum atomic E-state index is 14.3. The molecule has 1 aromatic carbocycles. The number of carbonyl (C=O) groups excluding carboxylic acids is 1. The number of rotatable bonds is 3. The van der Waals surface area contributed by atoms with Crippen LogP contribution in [0.1, 0.15) is 21.5 Å². The number of hydrogen-bond acceptors (Lipinski definition) is 2. The largest absolute Gasteiger partial charge is 0.458 e. The summed E-state index contributed by atoms with van der Waals surface area (Å²) >= 11 is 5.64. The van der Waals surface area contributed by atoms with Crippen LogP contribution < -0.4 is 0 Å². The minimum atomic E-state index is -6.57. The molecule has 30 heavy (non-hydrogen) atoms. The van der Waals surface area contributed by atoms with E-state index in [4.69, 9.17) is 11.6 Å². The van der Waals surface area contributed by atoms with E-state index in [0.717, 1.165) is 38.4 Å². The Morgan fingerprint density at radius 1 is 0.933 bits per heavy atom. The van der Waals surface area contributed by atoms with Crippen molar-refractivity contribution in [3.8, 4) is 11.3 Å². The lowest BCUT2D eigenvalue weighted by molar-refractivity contribution is -0.291. The number of alkyl halides is 8. The number of nitrogens with zero attached hydrogens (tertiary/aromatic N) is 2. The number of halogens is 10. The van der Waals surface area contributed by atoms with Gasteiger partial charge in [-0.2, -0.15) is 39.5 Å². The van der Waals surface area contributed by atoms with Crippen LogP contribution in [-0.2, 0) is 12.1 Å². The molecule has 0 unspecified atom stereocenters. The average Bonchev–Trinajstić information content (AvgIpc) is 2.58. The van der Waals surface area contributed by atoms with Crippen LogP contribution in [0.5, 0.6) is 0 Å². The molecule has 1 heterocycles. The highest BCUT2D eigenvalue weighted by Crippen LogP contribution is 2.51. The van der Waals surface area contributed by atoms with Gasteiger partial charge in [-0.1, -0.05) is 23.7 Å². The number of aromatic nitrogens is 1. The molecule has 0 aliphatic carbocycles. The van der Waals surface area contributed by atoms with E-state index in [1.807, 2.05) is 0 Å². The fraction of sp³-hybridized carbons (Fsp3) is 0.294. The Morgan fingerprint density at radius 3 is 1.83 bits per heavy atom. The van der Waals surface area contributed by atoms with Crippen molar-refractivity contribution in [2.75, 3.05) is 14.1 Å². The molecular formula is C17H10ClF9N2O. The second-order valence-electron chi connectivity index (χ2n) is 6.15. The van der Waals surface area contributed by atoms with Crippen molar-refractivity contribution in [2.24, 2.45) is 0 Å². The number of pyridine rings is 1. The molecule has 0 saturated heterocycles. The van der Waals surface area contributed by atoms with E-state index in [1.54, 1.807) is 0 Å². The van der Waals surface area contributed by atoms with Crippen LogP contribution >= 0.6 is 11.6 Å². The second kappa shape index (κ2) is 7.64. The zero-order valence-electron chi connectivity index (χ0n) is 14.9. The first kappa shape index (κ1) is 23.8. The molecule has 3 nitrogen and oxygen atoms in total. The highest BCUT2D eigenvalue weighted by molar-refractivity contribution is 6.30. The molecule has 1 amide bonds. The van der Waals surface area contributed by atoms with Gasteiger partial charge in [0.1, 0.15) is 5.56 Å². The standard InChI is InChI=1S/C17H10ClF9N2O/c1-29(2)14(30)9-10(15(20,21)17(25,26)27)11(16(22,23)24)13(19)28-12(9)7-3-5-8(18)6-4-7/h3-6H,1-2H3. The third-order valence-electron chi connectivity index (χ3n) is 3.84. The molecule has 0 bridgehead atoms. The van der Waals surface area contributed by atoms with Crippen molar-refractivity contribution in [3.63, 3.8) is 0 Å². The van der Waals surface area contributed by atoms with Gasteiger partial charge < -0.3 is 4.90 Å². The number of hydrogen-bond donors (Lipinski definition) is 0. The van der Waals surface area contributed by atoms with Crippen molar-refractivity contribution in [1.29, 1.82) is 0 Å². The highest BCUT2D eigenvalue weighted by atomic mass is 35.5. The molecule has 1 aromatic heterocycles. The molecule has 2 aromatic rings. The van der Waals surface area contributed by atoms with Crippen LogP contribution in [0.3, 0.4) is 0 Å². The summed E-state index contributed by atoms with van der Waals surface area (Å²) in [4.78, 5) is 15.8. The summed E-state index contributed by atoms with van der Waals surface area (Å²) in [6.07, 6.45) is -12.6. The third-order valence-corrected chi connectivity index (χ3v) is 4.10. The molecule has 0 radical (unpaired) electrons. The van der Waals surface area contributed by atoms with Crippen LogP contribution in [0.15, 0.2) is 24.3 Å². The van der Waals surface area contributed by atoms with Gasteiger partial charge in [-0.3, -0.25) is 4.79 Å². The fourth-order valence-corrected chi connectivity index (χ4v) is 2.65. The van der Waals surface area contributed by atoms with E-state index in [-0.39, 0.29) is 5.02 Å². The maximum absolute atomic E-state index is 14.3. The van der Waals surface area contributed by atoms with E-state index >= 15 is 0 Å². The summed E-state index contributed by atoms with van der Waals surface area (Å²) in [6.45, 7) is 0. The van der Waals surface area contributed by atoms with Gasteiger partial charge in [0.25, 0.3) is 5.91 Å². The number of carbonyl (C=O) groups is 1. The predicted octanol–water partition coefficient (Wildman–Crippen LogP) is 5.92. The van der Waals surface area contributed by atoms with Crippen LogP contribution in [0.25, 0.3) is 11.3 Å². The molecule has 0 N–H and O–H groups in total. The van der Waals surface area contributed by atoms with Crippen molar-refractivity contribution in [1.82, 2.24) is 9.88 Å². The van der Waals surface area contributed by atoms with Crippen LogP contribution in [0.2, 0.25) is 5.02 Å². The molecule has 13 heteroatoms. The van der Waals surface area contributed by atoms with Gasteiger partial charge in [0.2, 0.25) is 5.95 Å². The summed E-state index contributed by atoms with van der Waals surface area (Å²) in [5.41, 5.74) is -9.11. The van der Waals surface area contributed by atoms with Gasteiger partial charge >= 0.3 is 18.3 Å². The van der Waals surface area contributed by atoms with E-state index in [9.17, 15) is 44.3 Å². The number of benzene rings is 1. The average molecular weight is 465 g/mol. The third kappa shape index (κ3) is 4.18. The lowest BCUT2D eigenvalue weighted by Gasteiger charge is -2.28. The van der Waals surface area contributed by atoms with Crippen molar-refractivity contribution in [3.05, 3.63) is 51.9 Å². The van der Waals surface area contributed by atoms with Gasteiger partial charge in [-0.25, -0.2) is 4.98 Å². The quantitative estimate of drug-likeness (QED) is 0.417. The summed E-state index contributed by atoms with van der Waals surface area (Å²) in [7, 11) is 1.81. The Kier molecular flexibility index (Phi) is 6.05. The van der Waals surface area contributed by atoms with E-state index in [1.165, 1.54) is 0 Å². The van der Waals surface area contributed by atoms with Crippen LogP contribution in [0.4, 0.5) is 39.5 Å². The van der Waals surface area contributed by atoms with Crippen LogP contribution in [-0.4, -0.2) is 36.1 Å². The molecular weight excluding hydrogens is 455 g/mol. The topological polar surface area (TPSA) is 33.2 Å². The van der Waals surface area contributed by atoms with E-state index in [2.05, 4.69) is 4.98 Å². The lowest BCUT2D eigenvalue weighted by Crippen LogP contribution is -2.40. The van der Waals surface area contributed by atoms with Gasteiger partial charge in [0, 0.05) is 24.7 Å². The summed E-state index contributed by atoms with van der Waals surface area (Å²) < 4.78 is 122. The molecule has 0 spiro atoms. The molecule has 0 fully saturated rings. The van der Waals surface area contributed by atoms with Crippen molar-refractivity contribution in [2.45, 2.75) is 18.3 Å². The Hall–Kier alpha value is -2.50. The zero-order valence-corrected chi connectivity index (χ0v) is 15.6. The Bertz CT molecular complexity index is 967. The second-order valence-corrected chi connectivity index (χ2v) is 6.59. The molecule has 0 aliphatic rings. The lowest BCUT2D eigenvalue weighted by atomic mass is 9.91. The minimum absolute atomic E-state index is 0.0625. The fourth-order valence-electron chi connectivity index (χ4n) is 2.52. The molecule has 2 rings (SSSR count). The summed E-state index contributed by atoms with van der Waals surface area (Å²) in [5, 5.41) is 0.0625. The van der Waals surface area contributed by atoms with Crippen LogP contribution in [0, 0.1) is 5.95 Å². The summed E-state index contributed by atoms with van der Waals surface area (Å²) in [5.74, 6) is -10.5. The monoisotopic (exact) mass is 464 g/mol. The SMILES string of the molecule is CN(C)C(=O)c1c(-c2ccc(Cl)cc2)nc(F)c(C(F)(F)F)c1C(F)(F)C(F)(F)F. The normalized spacial score (nSPS) is 12.8. The molecule has 164 valence electrons. The van der Waals surface area contributed by atoms with Gasteiger partial charge in [-0.15, -0.1) is 0 Å². The maximum Gasteiger partial charge on any atom is 0.458 e. The first-order chi connectivity index (χ1) is 13.5. The molecule has 0 saturated carbocycles. The smallest absolute Gasteiger partial charge is 0.345 e. The molecule has 0 aliphatic heterocycles. The van der Waals surface area contributed by atoms with E-state index in [0.29, 0.717) is 4.90 Å². The minimum Gasteiger partial charge on any atom is -0.345 e. The van der Waals surface area contributed by atoms with Gasteiger partial charge in [-0.05, 0) is 12.1 Å². The Balaban J connectivity index is 3.15. The Labute approximate surface area is 168 Å². The van der Waals surface area contributed by atoms with Crippen molar-refractivity contribution >= 4 is 17.5 Å². The van der Waals surface area contributed by atoms with E-state index < -0.39 is 58.1 Å². The first-order valence-corrected chi connectivity index (χ1v) is 8.11. The number of amides is 1. The van der Waals surface area contributed by atoms with Crippen molar-refractivity contribution < 1.29 is 44.3 Å². The molecule has 0 atom stereocenters. The zero-order chi connectivity index (χ0) is 23.2. The first-order valence-electron chi connectivity index (χ1n) is 7.73.